The fourth-order valence-electron chi connectivity index (χ4n) is 5.43. The van der Waals surface area contributed by atoms with Crippen molar-refractivity contribution in [1.82, 2.24) is 15.2 Å². The number of rotatable bonds is 9. The number of aromatic amines is 1. The van der Waals surface area contributed by atoms with Crippen molar-refractivity contribution >= 4 is 22.8 Å². The monoisotopic (exact) mass is 547 g/mol. The van der Waals surface area contributed by atoms with Crippen molar-refractivity contribution in [3.63, 3.8) is 0 Å². The van der Waals surface area contributed by atoms with Crippen molar-refractivity contribution in [2.45, 2.75) is 51.5 Å². The summed E-state index contributed by atoms with van der Waals surface area (Å²) >= 11 is 0. The molecule has 0 radical (unpaired) electrons. The number of carbonyl (C=O) groups is 2. The van der Waals surface area contributed by atoms with Gasteiger partial charge < -0.3 is 9.73 Å². The Morgan fingerprint density at radius 3 is 2.46 bits per heavy atom. The molecule has 208 valence electrons. The van der Waals surface area contributed by atoms with Gasteiger partial charge in [-0.25, -0.2) is 9.18 Å². The normalized spacial score (nSPS) is 17.8. The van der Waals surface area contributed by atoms with Crippen LogP contribution in [0, 0.1) is 11.3 Å². The number of likely N-dealkylation sites (tertiary alicyclic amines) is 1. The Morgan fingerprint density at radius 1 is 1.08 bits per heavy atom. The molecule has 3 aromatic rings. The molecule has 2 fully saturated rings. The fourth-order valence-corrected chi connectivity index (χ4v) is 5.43. The van der Waals surface area contributed by atoms with Crippen molar-refractivity contribution in [3.05, 3.63) is 69.2 Å². The number of amides is 1. The van der Waals surface area contributed by atoms with E-state index in [1.807, 2.05) is 4.90 Å². The van der Waals surface area contributed by atoms with Crippen LogP contribution in [-0.4, -0.2) is 41.2 Å². The number of aromatic nitrogens is 1. The molecule has 1 aromatic heterocycles. The number of carbonyl (C=O) groups excluding carboxylic acids is 2. The van der Waals surface area contributed by atoms with E-state index in [0.29, 0.717) is 54.9 Å². The minimum Gasteiger partial charge on any atom is -0.408 e. The predicted molar refractivity (Wildman–Crippen MR) is 135 cm³/mol. The van der Waals surface area contributed by atoms with E-state index in [4.69, 9.17) is 4.42 Å². The lowest BCUT2D eigenvalue weighted by Crippen LogP contribution is -2.49. The van der Waals surface area contributed by atoms with Gasteiger partial charge in [-0.15, -0.1) is 0 Å². The average molecular weight is 548 g/mol. The first-order chi connectivity index (χ1) is 18.5. The molecule has 1 saturated carbocycles. The lowest BCUT2D eigenvalue weighted by molar-refractivity contribution is -0.137. The van der Waals surface area contributed by atoms with Crippen LogP contribution in [0.1, 0.15) is 59.2 Å². The lowest BCUT2D eigenvalue weighted by atomic mass is 9.73. The smallest absolute Gasteiger partial charge is 0.408 e. The molecule has 0 bridgehead atoms. The van der Waals surface area contributed by atoms with Crippen molar-refractivity contribution in [1.29, 1.82) is 0 Å². The minimum atomic E-state index is -4.61. The topological polar surface area (TPSA) is 95.4 Å². The van der Waals surface area contributed by atoms with E-state index in [1.54, 1.807) is 18.2 Å². The number of halogens is 4. The number of ketones is 1. The van der Waals surface area contributed by atoms with Gasteiger partial charge in [0.05, 0.1) is 23.0 Å². The Morgan fingerprint density at radius 2 is 1.79 bits per heavy atom. The molecule has 1 aliphatic carbocycles. The van der Waals surface area contributed by atoms with Crippen LogP contribution in [0.4, 0.5) is 17.6 Å². The highest BCUT2D eigenvalue weighted by molar-refractivity contribution is 6.00. The number of alkyl halides is 4. The highest BCUT2D eigenvalue weighted by Gasteiger charge is 2.45. The zero-order valence-corrected chi connectivity index (χ0v) is 21.2. The van der Waals surface area contributed by atoms with Gasteiger partial charge in [-0.05, 0) is 79.7 Å². The summed E-state index contributed by atoms with van der Waals surface area (Å²) in [6, 6.07) is 7.83. The molecule has 2 heterocycles. The maximum Gasteiger partial charge on any atom is 0.417 e. The van der Waals surface area contributed by atoms with Crippen molar-refractivity contribution in [3.8, 4) is 0 Å². The summed E-state index contributed by atoms with van der Waals surface area (Å²) in [7, 11) is 0. The Balaban J connectivity index is 1.23. The van der Waals surface area contributed by atoms with Crippen molar-refractivity contribution in [2.24, 2.45) is 11.3 Å². The summed E-state index contributed by atoms with van der Waals surface area (Å²) in [6.45, 7) is 0.0469. The highest BCUT2D eigenvalue weighted by atomic mass is 19.4. The van der Waals surface area contributed by atoms with E-state index < -0.39 is 29.6 Å². The summed E-state index contributed by atoms with van der Waals surface area (Å²) in [6.07, 6.45) is -0.775. The highest BCUT2D eigenvalue weighted by Crippen LogP contribution is 2.46. The molecule has 2 N–H and O–H groups in total. The van der Waals surface area contributed by atoms with Crippen molar-refractivity contribution < 1.29 is 31.6 Å². The number of nitrogens with zero attached hydrogens (tertiary/aromatic N) is 1. The van der Waals surface area contributed by atoms with Crippen LogP contribution in [0.25, 0.3) is 11.1 Å². The second-order valence-electron chi connectivity index (χ2n) is 10.7. The largest absolute Gasteiger partial charge is 0.417 e. The van der Waals surface area contributed by atoms with Gasteiger partial charge in [0, 0.05) is 12.1 Å². The van der Waals surface area contributed by atoms with E-state index in [9.17, 15) is 31.9 Å². The van der Waals surface area contributed by atoms with Gasteiger partial charge >= 0.3 is 11.9 Å². The molecule has 2 aliphatic rings. The van der Waals surface area contributed by atoms with Gasteiger partial charge in [-0.2, -0.15) is 13.2 Å². The first-order valence-electron chi connectivity index (χ1n) is 13.0. The molecule has 39 heavy (non-hydrogen) atoms. The SMILES string of the molecule is O=C(CN1CCC(CC2CC2)(C(=O)NCc2cc(CF)cc(C(F)(F)F)c2)CC1)c1ccc2oc(=O)[nH]c2c1. The molecule has 11 heteroatoms. The van der Waals surface area contributed by atoms with Gasteiger partial charge in [0.1, 0.15) is 6.67 Å². The number of fused-ring (bicyclic) bond motifs is 1. The third-order valence-corrected chi connectivity index (χ3v) is 7.77. The zero-order chi connectivity index (χ0) is 27.8. The van der Waals surface area contributed by atoms with E-state index in [0.717, 1.165) is 25.0 Å². The summed E-state index contributed by atoms with van der Waals surface area (Å²) in [5, 5.41) is 2.82. The van der Waals surface area contributed by atoms with E-state index in [2.05, 4.69) is 10.3 Å². The number of nitrogens with one attached hydrogen (secondary N) is 2. The van der Waals surface area contributed by atoms with Crippen LogP contribution in [0.15, 0.2) is 45.6 Å². The minimum absolute atomic E-state index is 0.0852. The quantitative estimate of drug-likeness (QED) is 0.291. The first-order valence-corrected chi connectivity index (χ1v) is 13.0. The van der Waals surface area contributed by atoms with Crippen LogP contribution in [0.3, 0.4) is 0 Å². The Bertz CT molecular complexity index is 1430. The summed E-state index contributed by atoms with van der Waals surface area (Å²) in [5.74, 6) is -0.480. The fraction of sp³-hybridized carbons (Fsp3) is 0.464. The summed E-state index contributed by atoms with van der Waals surface area (Å²) in [5.41, 5.74) is -0.225. The standard InChI is InChI=1S/C28H29F4N3O4/c29-14-18-9-19(11-21(10-18)28(30,31)32)15-33-25(37)27(13-17-1-2-17)5-7-35(8-6-27)16-23(36)20-3-4-24-22(12-20)34-26(38)39-24/h3-4,9-12,17H,1-2,5-8,13-16H2,(H,33,37)(H,34,38). The number of hydrogen-bond donors (Lipinski definition) is 2. The number of hydrogen-bond acceptors (Lipinski definition) is 5. The molecule has 1 aliphatic heterocycles. The summed E-state index contributed by atoms with van der Waals surface area (Å²) < 4.78 is 57.9. The lowest BCUT2D eigenvalue weighted by Gasteiger charge is -2.40. The molecule has 7 nitrogen and oxygen atoms in total. The number of oxazole rings is 1. The van der Waals surface area contributed by atoms with Crippen LogP contribution in [-0.2, 0) is 24.2 Å². The van der Waals surface area contributed by atoms with Gasteiger partial charge in [-0.1, -0.05) is 18.9 Å². The number of H-pyrrole nitrogens is 1. The van der Waals surface area contributed by atoms with Crippen LogP contribution >= 0.6 is 0 Å². The Kier molecular flexibility index (Phi) is 7.37. The molecule has 2 aromatic carbocycles. The van der Waals surface area contributed by atoms with Gasteiger partial charge in [-0.3, -0.25) is 19.5 Å². The van der Waals surface area contributed by atoms with Crippen molar-refractivity contribution in [2.75, 3.05) is 19.6 Å². The van der Waals surface area contributed by atoms with Crippen LogP contribution < -0.4 is 11.1 Å². The molecular weight excluding hydrogens is 518 g/mol. The molecule has 0 unspecified atom stereocenters. The predicted octanol–water partition coefficient (Wildman–Crippen LogP) is 4.99. The van der Waals surface area contributed by atoms with Crippen LogP contribution in [0.2, 0.25) is 0 Å². The van der Waals surface area contributed by atoms with E-state index >= 15 is 0 Å². The molecule has 1 saturated heterocycles. The third kappa shape index (κ3) is 6.24. The molecular formula is C28H29F4N3O4. The zero-order valence-electron chi connectivity index (χ0n) is 21.2. The molecule has 0 atom stereocenters. The summed E-state index contributed by atoms with van der Waals surface area (Å²) in [4.78, 5) is 42.3. The first kappa shape index (κ1) is 27.1. The second-order valence-corrected chi connectivity index (χ2v) is 10.7. The third-order valence-electron chi connectivity index (χ3n) is 7.77. The number of Topliss-reactive ketones (excluding diaryl/α,β-unsaturated/α-hetero) is 1. The van der Waals surface area contributed by atoms with E-state index in [1.165, 1.54) is 6.07 Å². The molecule has 5 rings (SSSR count). The second kappa shape index (κ2) is 10.6. The van der Waals surface area contributed by atoms with Gasteiger partial charge in [0.25, 0.3) is 0 Å². The number of piperidine rings is 1. The van der Waals surface area contributed by atoms with Gasteiger partial charge in [0.15, 0.2) is 11.4 Å². The number of benzene rings is 2. The molecule has 0 spiro atoms. The van der Waals surface area contributed by atoms with Crippen LogP contribution in [0.5, 0.6) is 0 Å². The Labute approximate surface area is 221 Å². The Hall–Kier alpha value is -3.47. The maximum absolute atomic E-state index is 13.4. The maximum atomic E-state index is 13.4. The van der Waals surface area contributed by atoms with Gasteiger partial charge in [0.2, 0.25) is 5.91 Å². The average Bonchev–Trinajstić information content (AvgIpc) is 3.64. The van der Waals surface area contributed by atoms with E-state index in [-0.39, 0.29) is 35.9 Å². The molecule has 1 amide bonds.